The first-order valence-corrected chi connectivity index (χ1v) is 10.2. The van der Waals surface area contributed by atoms with Gasteiger partial charge < -0.3 is 19.8 Å². The van der Waals surface area contributed by atoms with Gasteiger partial charge in [-0.25, -0.2) is 4.79 Å². The first-order valence-electron chi connectivity index (χ1n) is 10.2. The lowest BCUT2D eigenvalue weighted by Crippen LogP contribution is -2.26. The molecule has 0 aromatic heterocycles. The van der Waals surface area contributed by atoms with E-state index in [1.165, 1.54) is 42.8 Å². The summed E-state index contributed by atoms with van der Waals surface area (Å²) in [5, 5.41) is 18.9. The monoisotopic (exact) mass is 428 g/mol. The number of nitrogens with one attached hydrogen (secondary N) is 1. The molecule has 7 nitrogen and oxygen atoms in total. The molecule has 0 saturated heterocycles. The molecule has 2 aromatic carbocycles. The third-order valence-corrected chi connectivity index (χ3v) is 4.94. The van der Waals surface area contributed by atoms with Gasteiger partial charge in [-0.15, -0.1) is 0 Å². The molecule has 31 heavy (non-hydrogen) atoms. The summed E-state index contributed by atoms with van der Waals surface area (Å²) in [5.74, 6) is -1.27. The van der Waals surface area contributed by atoms with Crippen LogP contribution in [0.25, 0.3) is 5.70 Å². The maximum atomic E-state index is 11.1. The van der Waals surface area contributed by atoms with Crippen molar-refractivity contribution in [3.05, 3.63) is 59.4 Å². The Bertz CT molecular complexity index is 943. The van der Waals surface area contributed by atoms with Crippen LogP contribution in [0.2, 0.25) is 0 Å². The Morgan fingerprint density at radius 2 is 1.81 bits per heavy atom. The van der Waals surface area contributed by atoms with Gasteiger partial charge >= 0.3 is 5.97 Å². The maximum absolute atomic E-state index is 11.1. The molecule has 0 fully saturated rings. The van der Waals surface area contributed by atoms with Crippen LogP contribution in [0.3, 0.4) is 0 Å². The number of ether oxygens (including phenoxy) is 1. The minimum atomic E-state index is -1.20. The number of anilines is 1. The highest BCUT2D eigenvalue weighted by molar-refractivity contribution is 5.90. The molecule has 0 aliphatic heterocycles. The zero-order valence-electron chi connectivity index (χ0n) is 19.0. The summed E-state index contributed by atoms with van der Waals surface area (Å²) in [6, 6.07) is 10.2. The smallest absolute Gasteiger partial charge is 0.339 e. The van der Waals surface area contributed by atoms with Crippen LogP contribution >= 0.6 is 0 Å². The fraction of sp³-hybridized carbons (Fsp3) is 0.375. The molecule has 0 heterocycles. The normalized spacial score (nSPS) is 11.9. The van der Waals surface area contributed by atoms with Crippen LogP contribution in [-0.4, -0.2) is 36.4 Å². The molecular weight excluding hydrogens is 396 g/mol. The number of aromatic carboxylic acids is 1. The van der Waals surface area contributed by atoms with E-state index in [0.29, 0.717) is 11.4 Å². The van der Waals surface area contributed by atoms with Gasteiger partial charge in [0.2, 0.25) is 0 Å². The van der Waals surface area contributed by atoms with E-state index in [0.717, 1.165) is 18.7 Å². The van der Waals surface area contributed by atoms with E-state index < -0.39 is 5.97 Å². The van der Waals surface area contributed by atoms with Gasteiger partial charge in [0.1, 0.15) is 29.0 Å². The van der Waals surface area contributed by atoms with Crippen molar-refractivity contribution in [3.8, 4) is 11.5 Å². The summed E-state index contributed by atoms with van der Waals surface area (Å²) in [7, 11) is 1.51. The Balaban J connectivity index is 2.44. The van der Waals surface area contributed by atoms with E-state index in [1.807, 2.05) is 6.07 Å². The van der Waals surface area contributed by atoms with Gasteiger partial charge in [-0.05, 0) is 49.1 Å². The maximum Gasteiger partial charge on any atom is 0.339 e. The largest absolute Gasteiger partial charge is 0.507 e. The number of aromatic hydroxyl groups is 1. The summed E-state index contributed by atoms with van der Waals surface area (Å²) < 4.78 is 5.67. The summed E-state index contributed by atoms with van der Waals surface area (Å²) in [6.45, 7) is 12.6. The second-order valence-corrected chi connectivity index (χ2v) is 8.09. The van der Waals surface area contributed by atoms with Crippen molar-refractivity contribution in [1.29, 1.82) is 0 Å². The number of carboxylic acid groups (broad SMARTS) is 1. The molecule has 168 valence electrons. The zero-order chi connectivity index (χ0) is 23.2. The summed E-state index contributed by atoms with van der Waals surface area (Å²) >= 11 is 0. The van der Waals surface area contributed by atoms with Gasteiger partial charge in [-0.3, -0.25) is 10.3 Å². The van der Waals surface area contributed by atoms with Crippen molar-refractivity contribution in [1.82, 2.24) is 5.48 Å². The van der Waals surface area contributed by atoms with Gasteiger partial charge in [0, 0.05) is 30.4 Å². The van der Waals surface area contributed by atoms with Gasteiger partial charge in [0.05, 0.1) is 7.11 Å². The van der Waals surface area contributed by atoms with Crippen molar-refractivity contribution in [2.24, 2.45) is 0 Å². The second kappa shape index (κ2) is 10.2. The van der Waals surface area contributed by atoms with Crippen LogP contribution in [0.15, 0.2) is 42.7 Å². The Hall–Kier alpha value is -3.19. The lowest BCUT2D eigenvalue weighted by Gasteiger charge is -2.31. The summed E-state index contributed by atoms with van der Waals surface area (Å²) in [4.78, 5) is 18.5. The van der Waals surface area contributed by atoms with E-state index in [1.54, 1.807) is 0 Å². The van der Waals surface area contributed by atoms with E-state index >= 15 is 0 Å². The van der Waals surface area contributed by atoms with E-state index in [4.69, 9.17) is 14.7 Å². The predicted molar refractivity (Wildman–Crippen MR) is 123 cm³/mol. The van der Waals surface area contributed by atoms with E-state index in [9.17, 15) is 9.90 Å². The number of hydroxylamine groups is 1. The molecule has 7 heteroatoms. The molecular formula is C24H32N2O5. The standard InChI is InChI=1S/C24H32N2O5/c1-7-26(8-2)21-12-9-16(13-19(21)24(3,4)5)20(25-30-6)15-31-17-10-11-18(23(28)29)22(27)14-17/h9-15,25,27H,7-8H2,1-6H3,(H,28,29). The summed E-state index contributed by atoms with van der Waals surface area (Å²) in [6.07, 6.45) is 1.47. The molecule has 3 N–H and O–H groups in total. The third-order valence-electron chi connectivity index (χ3n) is 4.94. The lowest BCUT2D eigenvalue weighted by molar-refractivity contribution is 0.0693. The molecule has 0 spiro atoms. The topological polar surface area (TPSA) is 91.3 Å². The molecule has 2 rings (SSSR count). The first kappa shape index (κ1) is 24.1. The van der Waals surface area contributed by atoms with E-state index in [-0.39, 0.29) is 16.7 Å². The minimum absolute atomic E-state index is 0.0780. The van der Waals surface area contributed by atoms with E-state index in [2.05, 4.69) is 57.1 Å². The average molecular weight is 429 g/mol. The van der Waals surface area contributed by atoms with Crippen LogP contribution in [0, 0.1) is 0 Å². The molecule has 0 bridgehead atoms. The highest BCUT2D eigenvalue weighted by Gasteiger charge is 2.22. The molecule has 0 aliphatic rings. The van der Waals surface area contributed by atoms with Crippen LogP contribution in [0.5, 0.6) is 11.5 Å². The second-order valence-electron chi connectivity index (χ2n) is 8.09. The van der Waals surface area contributed by atoms with Gasteiger partial charge in [-0.1, -0.05) is 26.8 Å². The van der Waals surface area contributed by atoms with Crippen molar-refractivity contribution in [2.45, 2.75) is 40.0 Å². The molecule has 0 aliphatic carbocycles. The Labute approximate surface area is 183 Å². The van der Waals surface area contributed by atoms with Crippen molar-refractivity contribution >= 4 is 17.4 Å². The van der Waals surface area contributed by atoms with Gasteiger partial charge in [-0.2, -0.15) is 0 Å². The predicted octanol–water partition coefficient (Wildman–Crippen LogP) is 4.76. The molecule has 0 amide bonds. The van der Waals surface area contributed by atoms with Crippen molar-refractivity contribution in [3.63, 3.8) is 0 Å². The minimum Gasteiger partial charge on any atom is -0.507 e. The van der Waals surface area contributed by atoms with Crippen LogP contribution < -0.4 is 15.1 Å². The highest BCUT2D eigenvalue weighted by atomic mass is 16.6. The van der Waals surface area contributed by atoms with Crippen LogP contribution in [0.4, 0.5) is 5.69 Å². The number of carbonyl (C=O) groups is 1. The van der Waals surface area contributed by atoms with Gasteiger partial charge in [0.15, 0.2) is 0 Å². The zero-order valence-corrected chi connectivity index (χ0v) is 19.0. The number of hydrogen-bond donors (Lipinski definition) is 3. The number of rotatable bonds is 9. The quantitative estimate of drug-likeness (QED) is 0.392. The Morgan fingerprint density at radius 3 is 2.32 bits per heavy atom. The number of hydrogen-bond acceptors (Lipinski definition) is 6. The summed E-state index contributed by atoms with van der Waals surface area (Å²) in [5.41, 5.74) is 6.41. The fourth-order valence-electron chi connectivity index (χ4n) is 3.30. The SMILES string of the molecule is CCN(CC)c1ccc(C(=COc2ccc(C(=O)O)c(O)c2)NOC)cc1C(C)(C)C. The Kier molecular flexibility index (Phi) is 7.94. The first-order chi connectivity index (χ1) is 14.6. The molecule has 0 unspecified atom stereocenters. The third kappa shape index (κ3) is 5.92. The van der Waals surface area contributed by atoms with Crippen molar-refractivity contribution < 1.29 is 24.6 Å². The molecule has 0 saturated carbocycles. The molecule has 0 atom stereocenters. The lowest BCUT2D eigenvalue weighted by atomic mass is 9.84. The number of benzene rings is 2. The van der Waals surface area contributed by atoms with Crippen molar-refractivity contribution in [2.75, 3.05) is 25.1 Å². The number of carboxylic acids is 1. The fourth-order valence-corrected chi connectivity index (χ4v) is 3.30. The average Bonchev–Trinajstić information content (AvgIpc) is 2.71. The number of phenols is 1. The molecule has 0 radical (unpaired) electrons. The molecule has 2 aromatic rings. The van der Waals surface area contributed by atoms with Gasteiger partial charge in [0.25, 0.3) is 0 Å². The van der Waals surface area contributed by atoms with Crippen LogP contribution in [0.1, 0.15) is 56.1 Å². The highest BCUT2D eigenvalue weighted by Crippen LogP contribution is 2.34. The number of nitrogens with zero attached hydrogens (tertiary/aromatic N) is 1. The Morgan fingerprint density at radius 1 is 1.13 bits per heavy atom. The van der Waals surface area contributed by atoms with Crippen LogP contribution in [-0.2, 0) is 10.3 Å².